The summed E-state index contributed by atoms with van der Waals surface area (Å²) in [7, 11) is -6.90. The average molecular weight is 374 g/mol. The molecular weight excluding hydrogens is 342 g/mol. The molecule has 0 aromatic carbocycles. The third-order valence-electron chi connectivity index (χ3n) is 3.08. The number of hydrogen-bond donors (Lipinski definition) is 1. The molecular formula is C14H31NO6S2. The Morgan fingerprint density at radius 1 is 0.696 bits per heavy atom. The molecule has 0 rings (SSSR count). The van der Waals surface area contributed by atoms with E-state index in [1.165, 1.54) is 0 Å². The molecule has 0 bridgehead atoms. The van der Waals surface area contributed by atoms with Crippen molar-refractivity contribution in [3.05, 3.63) is 0 Å². The zero-order valence-corrected chi connectivity index (χ0v) is 15.9. The Kier molecular flexibility index (Phi) is 13.0. The van der Waals surface area contributed by atoms with E-state index in [1.807, 2.05) is 13.8 Å². The molecule has 0 heterocycles. The molecule has 0 saturated carbocycles. The fourth-order valence-corrected chi connectivity index (χ4v) is 3.81. The molecule has 0 aliphatic heterocycles. The monoisotopic (exact) mass is 373 g/mol. The van der Waals surface area contributed by atoms with Crippen molar-refractivity contribution in [1.29, 1.82) is 0 Å². The van der Waals surface area contributed by atoms with Gasteiger partial charge in [0.05, 0.1) is 24.7 Å². The predicted molar refractivity (Wildman–Crippen MR) is 91.4 cm³/mol. The molecule has 0 fully saturated rings. The summed E-state index contributed by atoms with van der Waals surface area (Å²) in [4.78, 5) is 0. The van der Waals surface area contributed by atoms with Gasteiger partial charge in [0.15, 0.2) is 0 Å². The lowest BCUT2D eigenvalue weighted by Gasteiger charge is -2.08. The highest BCUT2D eigenvalue weighted by molar-refractivity contribution is 7.86. The van der Waals surface area contributed by atoms with Crippen LogP contribution in [-0.2, 0) is 28.6 Å². The summed E-state index contributed by atoms with van der Waals surface area (Å²) in [6, 6.07) is 0. The van der Waals surface area contributed by atoms with Crippen molar-refractivity contribution in [2.75, 3.05) is 37.8 Å². The van der Waals surface area contributed by atoms with E-state index in [1.54, 1.807) is 0 Å². The van der Waals surface area contributed by atoms with Gasteiger partial charge in [-0.1, -0.05) is 39.5 Å². The summed E-state index contributed by atoms with van der Waals surface area (Å²) in [5, 5.41) is 2.89. The summed E-state index contributed by atoms with van der Waals surface area (Å²) in [6.45, 7) is 4.74. The van der Waals surface area contributed by atoms with Crippen LogP contribution in [0.1, 0.15) is 52.4 Å². The Morgan fingerprint density at radius 2 is 1.09 bits per heavy atom. The molecule has 0 amide bonds. The molecule has 7 nitrogen and oxygen atoms in total. The van der Waals surface area contributed by atoms with Crippen molar-refractivity contribution in [3.63, 3.8) is 0 Å². The highest BCUT2D eigenvalue weighted by atomic mass is 32.2. The van der Waals surface area contributed by atoms with Gasteiger partial charge in [-0.3, -0.25) is 8.37 Å². The molecule has 0 aliphatic carbocycles. The van der Waals surface area contributed by atoms with Crippen molar-refractivity contribution in [1.82, 2.24) is 5.32 Å². The Morgan fingerprint density at radius 3 is 1.43 bits per heavy atom. The van der Waals surface area contributed by atoms with Crippen molar-refractivity contribution in [2.24, 2.45) is 0 Å². The first-order chi connectivity index (χ1) is 10.8. The van der Waals surface area contributed by atoms with Crippen LogP contribution in [0.15, 0.2) is 0 Å². The minimum absolute atomic E-state index is 0.0394. The van der Waals surface area contributed by atoms with Crippen LogP contribution < -0.4 is 5.32 Å². The number of nitrogens with one attached hydrogen (secondary N) is 1. The molecule has 0 atom stereocenters. The van der Waals surface area contributed by atoms with Gasteiger partial charge < -0.3 is 5.32 Å². The lowest BCUT2D eigenvalue weighted by Crippen LogP contribution is -2.27. The minimum Gasteiger partial charge on any atom is -0.312 e. The van der Waals surface area contributed by atoms with Gasteiger partial charge in [0, 0.05) is 13.1 Å². The second-order valence-corrected chi connectivity index (χ2v) is 8.85. The highest BCUT2D eigenvalue weighted by Crippen LogP contribution is 2.02. The lowest BCUT2D eigenvalue weighted by atomic mass is 10.3. The molecule has 0 saturated heterocycles. The maximum atomic E-state index is 11.5. The maximum absolute atomic E-state index is 11.5. The summed E-state index contributed by atoms with van der Waals surface area (Å²) in [6.07, 6.45) is 4.86. The molecule has 0 unspecified atom stereocenters. The first-order valence-corrected chi connectivity index (χ1v) is 11.4. The van der Waals surface area contributed by atoms with Crippen molar-refractivity contribution in [2.45, 2.75) is 52.4 Å². The van der Waals surface area contributed by atoms with Crippen LogP contribution in [-0.4, -0.2) is 54.6 Å². The summed E-state index contributed by atoms with van der Waals surface area (Å²) < 4.78 is 55.7. The van der Waals surface area contributed by atoms with Gasteiger partial charge in [0.2, 0.25) is 0 Å². The van der Waals surface area contributed by atoms with E-state index in [-0.39, 0.29) is 24.7 Å². The molecule has 9 heteroatoms. The third-order valence-corrected chi connectivity index (χ3v) is 5.71. The van der Waals surface area contributed by atoms with Crippen molar-refractivity contribution < 1.29 is 25.2 Å². The van der Waals surface area contributed by atoms with Gasteiger partial charge in [-0.25, -0.2) is 0 Å². The minimum atomic E-state index is -3.45. The summed E-state index contributed by atoms with van der Waals surface area (Å²) >= 11 is 0. The Labute approximate surface area is 141 Å². The first-order valence-electron chi connectivity index (χ1n) is 8.28. The van der Waals surface area contributed by atoms with Gasteiger partial charge in [-0.05, 0) is 12.8 Å². The van der Waals surface area contributed by atoms with Gasteiger partial charge in [-0.2, -0.15) is 16.8 Å². The van der Waals surface area contributed by atoms with E-state index in [0.29, 0.717) is 25.9 Å². The van der Waals surface area contributed by atoms with E-state index in [4.69, 9.17) is 8.37 Å². The van der Waals surface area contributed by atoms with Gasteiger partial charge in [0.1, 0.15) is 0 Å². The van der Waals surface area contributed by atoms with E-state index in [0.717, 1.165) is 25.7 Å². The van der Waals surface area contributed by atoms with Gasteiger partial charge >= 0.3 is 0 Å². The molecule has 140 valence electrons. The summed E-state index contributed by atoms with van der Waals surface area (Å²) in [5.74, 6) is 0.0832. The fourth-order valence-electron chi connectivity index (χ4n) is 1.78. The standard InChI is InChI=1S/C14H31NO6S2/c1-3-5-7-13-22(16,17)20-11-9-15-10-12-21-23(18,19)14-8-6-4-2/h15H,3-14H2,1-2H3. The molecule has 0 aromatic heterocycles. The Balaban J connectivity index is 3.62. The Bertz CT molecular complexity index is 431. The fraction of sp³-hybridized carbons (Fsp3) is 1.00. The zero-order chi connectivity index (χ0) is 17.6. The molecule has 0 radical (unpaired) electrons. The van der Waals surface area contributed by atoms with Crippen LogP contribution >= 0.6 is 0 Å². The number of rotatable bonds is 16. The molecule has 0 aliphatic rings. The molecule has 0 spiro atoms. The second-order valence-electron chi connectivity index (χ2n) is 5.33. The van der Waals surface area contributed by atoms with E-state index >= 15 is 0 Å². The third kappa shape index (κ3) is 15.1. The molecule has 23 heavy (non-hydrogen) atoms. The average Bonchev–Trinajstić information content (AvgIpc) is 2.46. The van der Waals surface area contributed by atoms with Crippen LogP contribution in [0.2, 0.25) is 0 Å². The van der Waals surface area contributed by atoms with E-state index in [9.17, 15) is 16.8 Å². The van der Waals surface area contributed by atoms with Crippen LogP contribution in [0.3, 0.4) is 0 Å². The van der Waals surface area contributed by atoms with Crippen LogP contribution in [0.4, 0.5) is 0 Å². The number of hydrogen-bond acceptors (Lipinski definition) is 7. The van der Waals surface area contributed by atoms with Gasteiger partial charge in [0.25, 0.3) is 20.2 Å². The lowest BCUT2D eigenvalue weighted by molar-refractivity contribution is 0.292. The summed E-state index contributed by atoms with van der Waals surface area (Å²) in [5.41, 5.74) is 0. The molecule has 1 N–H and O–H groups in total. The smallest absolute Gasteiger partial charge is 0.267 e. The normalized spacial score (nSPS) is 12.6. The number of unbranched alkanes of at least 4 members (excludes halogenated alkanes) is 4. The Hall–Kier alpha value is -0.220. The quantitative estimate of drug-likeness (QED) is 0.324. The topological polar surface area (TPSA) is 98.8 Å². The van der Waals surface area contributed by atoms with Crippen molar-refractivity contribution >= 4 is 20.2 Å². The largest absolute Gasteiger partial charge is 0.312 e. The first kappa shape index (κ1) is 22.8. The second kappa shape index (κ2) is 13.1. The predicted octanol–water partition coefficient (Wildman–Crippen LogP) is 1.65. The highest BCUT2D eigenvalue weighted by Gasteiger charge is 2.11. The van der Waals surface area contributed by atoms with Crippen LogP contribution in [0, 0.1) is 0 Å². The molecule has 0 aromatic rings. The maximum Gasteiger partial charge on any atom is 0.267 e. The van der Waals surface area contributed by atoms with Crippen molar-refractivity contribution in [3.8, 4) is 0 Å². The zero-order valence-electron chi connectivity index (χ0n) is 14.3. The van der Waals surface area contributed by atoms with E-state index < -0.39 is 20.2 Å². The van der Waals surface area contributed by atoms with Gasteiger partial charge in [-0.15, -0.1) is 0 Å². The van der Waals surface area contributed by atoms with Crippen LogP contribution in [0.25, 0.3) is 0 Å². The van der Waals surface area contributed by atoms with Crippen LogP contribution in [0.5, 0.6) is 0 Å². The SMILES string of the molecule is CCCCCS(=O)(=O)OCCNCCOS(=O)(=O)CCCCC. The van der Waals surface area contributed by atoms with E-state index in [2.05, 4.69) is 5.32 Å².